The molecule has 0 aliphatic rings. The molecule has 1 aromatic carbocycles. The maximum atomic E-state index is 12.8. The molecule has 0 radical (unpaired) electrons. The second-order valence-corrected chi connectivity index (χ2v) is 7.16. The van der Waals surface area contributed by atoms with Crippen molar-refractivity contribution in [3.8, 4) is 0 Å². The van der Waals surface area contributed by atoms with E-state index in [0.717, 1.165) is 0 Å². The number of hydrogen-bond acceptors (Lipinski definition) is 3. The third kappa shape index (κ3) is 3.81. The molecule has 0 saturated carbocycles. The van der Waals surface area contributed by atoms with Crippen LogP contribution >= 0.6 is 7.37 Å². The molecular weight excluding hydrogens is 247 g/mol. The molecule has 4 heteroatoms. The molecule has 0 aliphatic heterocycles. The lowest BCUT2D eigenvalue weighted by Crippen LogP contribution is -2.12. The van der Waals surface area contributed by atoms with Gasteiger partial charge in [-0.3, -0.25) is 4.57 Å². The predicted molar refractivity (Wildman–Crippen MR) is 75.5 cm³/mol. The zero-order chi connectivity index (χ0) is 13.6. The molecule has 0 N–H and O–H groups in total. The fourth-order valence-corrected chi connectivity index (χ4v) is 3.20. The van der Waals surface area contributed by atoms with Gasteiger partial charge in [0.05, 0.1) is 6.61 Å². The Balaban J connectivity index is 2.76. The minimum atomic E-state index is -3.02. The average molecular weight is 268 g/mol. The second kappa shape index (κ2) is 6.89. The average Bonchev–Trinajstić information content (AvgIpc) is 2.38. The zero-order valence-electron chi connectivity index (χ0n) is 11.3. The lowest BCUT2D eigenvalue weighted by Gasteiger charge is -2.19. The molecule has 3 nitrogen and oxygen atoms in total. The summed E-state index contributed by atoms with van der Waals surface area (Å²) < 4.78 is 23.5. The number of rotatable bonds is 7. The zero-order valence-corrected chi connectivity index (χ0v) is 12.2. The van der Waals surface area contributed by atoms with Crippen LogP contribution in [0.15, 0.2) is 42.2 Å². The van der Waals surface area contributed by atoms with E-state index in [-0.39, 0.29) is 6.61 Å². The van der Waals surface area contributed by atoms with Gasteiger partial charge in [-0.05, 0) is 18.1 Å². The van der Waals surface area contributed by atoms with Gasteiger partial charge < -0.3 is 9.26 Å². The van der Waals surface area contributed by atoms with E-state index in [4.69, 9.17) is 9.26 Å². The van der Waals surface area contributed by atoms with Crippen molar-refractivity contribution in [3.05, 3.63) is 42.2 Å². The summed E-state index contributed by atoms with van der Waals surface area (Å²) in [5.41, 5.74) is 0. The summed E-state index contributed by atoms with van der Waals surface area (Å²) in [6.45, 7) is 8.87. The highest BCUT2D eigenvalue weighted by Gasteiger charge is 2.28. The largest absolute Gasteiger partial charge is 0.376 e. The molecule has 0 amide bonds. The monoisotopic (exact) mass is 268 g/mol. The number of ether oxygens (including phenoxy) is 1. The lowest BCUT2D eigenvalue weighted by atomic mass is 10.2. The van der Waals surface area contributed by atoms with E-state index in [1.807, 2.05) is 18.2 Å². The molecule has 18 heavy (non-hydrogen) atoms. The molecule has 0 aromatic heterocycles. The first-order chi connectivity index (χ1) is 8.50. The Labute approximate surface area is 109 Å². The Morgan fingerprint density at radius 3 is 2.44 bits per heavy atom. The molecule has 0 heterocycles. The standard InChI is InChI=1S/C14H21O3P/c1-12(2)10-17-11-13(3)18(15,16-4)14-8-6-5-7-9-14/h5-9,12H,3,10-11H2,1-2,4H3. The highest BCUT2D eigenvalue weighted by Crippen LogP contribution is 2.52. The highest BCUT2D eigenvalue weighted by atomic mass is 31.2. The molecule has 1 unspecified atom stereocenters. The summed E-state index contributed by atoms with van der Waals surface area (Å²) in [5, 5.41) is 1.16. The first kappa shape index (κ1) is 15.2. The Bertz CT molecular complexity index is 426. The Hall–Kier alpha value is -0.890. The van der Waals surface area contributed by atoms with Crippen molar-refractivity contribution in [2.75, 3.05) is 20.3 Å². The van der Waals surface area contributed by atoms with Gasteiger partial charge in [0.1, 0.15) is 0 Å². The van der Waals surface area contributed by atoms with Crippen molar-refractivity contribution in [2.45, 2.75) is 13.8 Å². The van der Waals surface area contributed by atoms with Crippen LogP contribution in [-0.2, 0) is 13.8 Å². The molecule has 1 rings (SSSR count). The summed E-state index contributed by atoms with van der Waals surface area (Å²) in [7, 11) is -1.58. The molecule has 0 fully saturated rings. The summed E-state index contributed by atoms with van der Waals surface area (Å²) in [5.74, 6) is 0.441. The normalized spacial score (nSPS) is 14.4. The van der Waals surface area contributed by atoms with E-state index in [2.05, 4.69) is 20.4 Å². The van der Waals surface area contributed by atoms with Gasteiger partial charge >= 0.3 is 0 Å². The van der Waals surface area contributed by atoms with Crippen molar-refractivity contribution in [2.24, 2.45) is 5.92 Å². The minimum Gasteiger partial charge on any atom is -0.376 e. The van der Waals surface area contributed by atoms with Crippen molar-refractivity contribution >= 4 is 12.7 Å². The molecule has 0 bridgehead atoms. The van der Waals surface area contributed by atoms with Crippen LogP contribution in [0.4, 0.5) is 0 Å². The maximum Gasteiger partial charge on any atom is 0.258 e. The topological polar surface area (TPSA) is 35.5 Å². The van der Waals surface area contributed by atoms with Crippen LogP contribution in [-0.4, -0.2) is 20.3 Å². The third-order valence-corrected chi connectivity index (χ3v) is 4.94. The van der Waals surface area contributed by atoms with Gasteiger partial charge in [0.15, 0.2) is 0 Å². The molecule has 100 valence electrons. The molecule has 1 atom stereocenters. The quantitative estimate of drug-likeness (QED) is 0.711. The summed E-state index contributed by atoms with van der Waals surface area (Å²) in [4.78, 5) is 0. The van der Waals surface area contributed by atoms with Crippen molar-refractivity contribution in [1.29, 1.82) is 0 Å². The molecule has 1 aromatic rings. The van der Waals surface area contributed by atoms with E-state index in [0.29, 0.717) is 23.1 Å². The van der Waals surface area contributed by atoms with Crippen molar-refractivity contribution in [1.82, 2.24) is 0 Å². The van der Waals surface area contributed by atoms with Crippen LogP contribution < -0.4 is 5.30 Å². The van der Waals surface area contributed by atoms with Crippen LogP contribution in [0.3, 0.4) is 0 Å². The van der Waals surface area contributed by atoms with Crippen molar-refractivity contribution in [3.63, 3.8) is 0 Å². The van der Waals surface area contributed by atoms with Crippen LogP contribution in [0.2, 0.25) is 0 Å². The maximum absolute atomic E-state index is 12.8. The molecular formula is C14H21O3P. The van der Waals surface area contributed by atoms with Gasteiger partial charge in [0.25, 0.3) is 7.37 Å². The summed E-state index contributed by atoms with van der Waals surface area (Å²) in [6, 6.07) is 9.13. The van der Waals surface area contributed by atoms with Crippen LogP contribution in [0.25, 0.3) is 0 Å². The Morgan fingerprint density at radius 2 is 1.94 bits per heavy atom. The number of hydrogen-bond donors (Lipinski definition) is 0. The Morgan fingerprint density at radius 1 is 1.33 bits per heavy atom. The summed E-state index contributed by atoms with van der Waals surface area (Å²) >= 11 is 0. The van der Waals surface area contributed by atoms with E-state index in [1.54, 1.807) is 12.1 Å². The van der Waals surface area contributed by atoms with Crippen LogP contribution in [0.1, 0.15) is 13.8 Å². The van der Waals surface area contributed by atoms with E-state index in [9.17, 15) is 4.57 Å². The van der Waals surface area contributed by atoms with Crippen LogP contribution in [0, 0.1) is 5.92 Å². The third-order valence-electron chi connectivity index (χ3n) is 2.49. The molecule has 0 saturated heterocycles. The van der Waals surface area contributed by atoms with Gasteiger partial charge in [0.2, 0.25) is 0 Å². The smallest absolute Gasteiger partial charge is 0.258 e. The summed E-state index contributed by atoms with van der Waals surface area (Å²) in [6.07, 6.45) is 0. The Kier molecular flexibility index (Phi) is 5.80. The van der Waals surface area contributed by atoms with Gasteiger partial charge in [-0.15, -0.1) is 0 Å². The van der Waals surface area contributed by atoms with E-state index >= 15 is 0 Å². The van der Waals surface area contributed by atoms with Crippen molar-refractivity contribution < 1.29 is 13.8 Å². The van der Waals surface area contributed by atoms with E-state index < -0.39 is 7.37 Å². The van der Waals surface area contributed by atoms with Gasteiger partial charge in [-0.1, -0.05) is 38.6 Å². The minimum absolute atomic E-state index is 0.262. The lowest BCUT2D eigenvalue weighted by molar-refractivity contribution is 0.132. The van der Waals surface area contributed by atoms with Crippen LogP contribution in [0.5, 0.6) is 0 Å². The fourth-order valence-electron chi connectivity index (χ4n) is 1.54. The van der Waals surface area contributed by atoms with Gasteiger partial charge in [-0.2, -0.15) is 0 Å². The number of benzene rings is 1. The first-order valence-electron chi connectivity index (χ1n) is 5.98. The highest BCUT2D eigenvalue weighted by molar-refractivity contribution is 7.71. The molecule has 0 spiro atoms. The SMILES string of the molecule is C=C(COCC(C)C)P(=O)(OC)c1ccccc1. The van der Waals surface area contributed by atoms with Gasteiger partial charge in [0, 0.05) is 24.3 Å². The predicted octanol–water partition coefficient (Wildman–Crippen LogP) is 3.42. The fraction of sp³-hybridized carbons (Fsp3) is 0.429. The second-order valence-electron chi connectivity index (χ2n) is 4.54. The van der Waals surface area contributed by atoms with Gasteiger partial charge in [-0.25, -0.2) is 0 Å². The van der Waals surface area contributed by atoms with E-state index in [1.165, 1.54) is 7.11 Å². The first-order valence-corrected chi connectivity index (χ1v) is 7.60. The molecule has 0 aliphatic carbocycles.